The molecule has 1 fully saturated rings. The summed E-state index contributed by atoms with van der Waals surface area (Å²) in [5.41, 5.74) is 0.479. The molecule has 0 spiro atoms. The van der Waals surface area contributed by atoms with E-state index in [1.807, 2.05) is 10.9 Å². The molecular formula is C16H28N4O2. The first-order chi connectivity index (χ1) is 10.7. The predicted molar refractivity (Wildman–Crippen MR) is 86.0 cm³/mol. The van der Waals surface area contributed by atoms with Gasteiger partial charge in [-0.05, 0) is 37.8 Å². The van der Waals surface area contributed by atoms with Gasteiger partial charge in [0.05, 0.1) is 12.6 Å². The first kappa shape index (κ1) is 17.0. The van der Waals surface area contributed by atoms with E-state index in [2.05, 4.69) is 29.6 Å². The van der Waals surface area contributed by atoms with Crippen LogP contribution in [0.2, 0.25) is 0 Å². The van der Waals surface area contributed by atoms with Crippen LogP contribution in [0.15, 0.2) is 12.3 Å². The Morgan fingerprint density at radius 3 is 3.14 bits per heavy atom. The summed E-state index contributed by atoms with van der Waals surface area (Å²) in [4.78, 5) is 12.0. The molecule has 1 unspecified atom stereocenters. The number of ether oxygens (including phenoxy) is 1. The summed E-state index contributed by atoms with van der Waals surface area (Å²) in [6, 6.07) is 2.14. The molecule has 0 aliphatic carbocycles. The standard InChI is InChI=1S/C16H28N4O2/c1-13(2)6-10-22-11-8-18-16(21)15-5-9-20(19-15)14-4-3-7-17-12-14/h5,9,13-14,17H,3-4,6-8,10-12H2,1-2H3,(H,18,21). The van der Waals surface area contributed by atoms with Crippen molar-refractivity contribution in [1.82, 2.24) is 20.4 Å². The van der Waals surface area contributed by atoms with E-state index in [1.165, 1.54) is 0 Å². The van der Waals surface area contributed by atoms with Crippen molar-refractivity contribution in [2.75, 3.05) is 32.8 Å². The number of carbonyl (C=O) groups is 1. The maximum Gasteiger partial charge on any atom is 0.271 e. The molecule has 1 aliphatic rings. The van der Waals surface area contributed by atoms with E-state index in [-0.39, 0.29) is 5.91 Å². The summed E-state index contributed by atoms with van der Waals surface area (Å²) in [6.45, 7) is 8.15. The van der Waals surface area contributed by atoms with Crippen LogP contribution in [-0.2, 0) is 4.74 Å². The van der Waals surface area contributed by atoms with Gasteiger partial charge in [-0.2, -0.15) is 5.10 Å². The molecule has 1 aliphatic heterocycles. The second-order valence-electron chi connectivity index (χ2n) is 6.23. The molecule has 2 heterocycles. The van der Waals surface area contributed by atoms with Gasteiger partial charge in [-0.1, -0.05) is 13.8 Å². The number of piperidine rings is 1. The van der Waals surface area contributed by atoms with E-state index < -0.39 is 0 Å². The van der Waals surface area contributed by atoms with Crippen molar-refractivity contribution in [1.29, 1.82) is 0 Å². The summed E-state index contributed by atoms with van der Waals surface area (Å²) in [6.07, 6.45) is 5.21. The number of aromatic nitrogens is 2. The smallest absolute Gasteiger partial charge is 0.271 e. The number of hydrogen-bond acceptors (Lipinski definition) is 4. The van der Waals surface area contributed by atoms with Crippen molar-refractivity contribution in [3.63, 3.8) is 0 Å². The van der Waals surface area contributed by atoms with Gasteiger partial charge in [0.25, 0.3) is 5.91 Å². The zero-order chi connectivity index (χ0) is 15.8. The molecule has 22 heavy (non-hydrogen) atoms. The summed E-state index contributed by atoms with van der Waals surface area (Å²) < 4.78 is 7.39. The van der Waals surface area contributed by atoms with E-state index in [9.17, 15) is 4.79 Å². The van der Waals surface area contributed by atoms with Crippen LogP contribution in [0.1, 0.15) is 49.6 Å². The van der Waals surface area contributed by atoms with Crippen molar-refractivity contribution in [2.24, 2.45) is 5.92 Å². The van der Waals surface area contributed by atoms with Crippen molar-refractivity contribution < 1.29 is 9.53 Å². The molecule has 1 aromatic heterocycles. The Labute approximate surface area is 132 Å². The van der Waals surface area contributed by atoms with Crippen LogP contribution in [0.5, 0.6) is 0 Å². The third kappa shape index (κ3) is 5.42. The molecule has 1 saturated heterocycles. The van der Waals surface area contributed by atoms with Gasteiger partial charge in [0.2, 0.25) is 0 Å². The van der Waals surface area contributed by atoms with Gasteiger partial charge in [0.15, 0.2) is 0 Å². The SMILES string of the molecule is CC(C)CCOCCNC(=O)c1ccn(C2CCCNC2)n1. The quantitative estimate of drug-likeness (QED) is 0.716. The predicted octanol–water partition coefficient (Wildman–Crippen LogP) is 1.60. The van der Waals surface area contributed by atoms with E-state index in [1.54, 1.807) is 6.07 Å². The Balaban J connectivity index is 1.68. The van der Waals surface area contributed by atoms with E-state index in [0.29, 0.717) is 30.8 Å². The molecule has 6 heteroatoms. The highest BCUT2D eigenvalue weighted by molar-refractivity contribution is 5.92. The first-order valence-corrected chi connectivity index (χ1v) is 8.28. The highest BCUT2D eigenvalue weighted by Crippen LogP contribution is 2.15. The molecule has 0 aromatic carbocycles. The average molecular weight is 308 g/mol. The molecule has 124 valence electrons. The third-order valence-electron chi connectivity index (χ3n) is 3.86. The maximum atomic E-state index is 12.0. The van der Waals surface area contributed by atoms with Gasteiger partial charge >= 0.3 is 0 Å². The molecule has 1 aromatic rings. The summed E-state index contributed by atoms with van der Waals surface area (Å²) in [7, 11) is 0. The number of amides is 1. The number of rotatable bonds is 8. The highest BCUT2D eigenvalue weighted by atomic mass is 16.5. The summed E-state index contributed by atoms with van der Waals surface area (Å²) in [5, 5.41) is 10.6. The molecule has 2 rings (SSSR count). The van der Waals surface area contributed by atoms with Gasteiger partial charge in [-0.3, -0.25) is 9.48 Å². The summed E-state index contributed by atoms with van der Waals surface area (Å²) in [5.74, 6) is 0.516. The van der Waals surface area contributed by atoms with Crippen molar-refractivity contribution in [3.8, 4) is 0 Å². The number of hydrogen-bond donors (Lipinski definition) is 2. The van der Waals surface area contributed by atoms with Crippen LogP contribution in [0.4, 0.5) is 0 Å². The van der Waals surface area contributed by atoms with Crippen LogP contribution >= 0.6 is 0 Å². The normalized spacial score (nSPS) is 18.6. The fourth-order valence-corrected chi connectivity index (χ4v) is 2.47. The molecular weight excluding hydrogens is 280 g/mol. The van der Waals surface area contributed by atoms with Gasteiger partial charge < -0.3 is 15.4 Å². The molecule has 1 atom stereocenters. The molecule has 0 radical (unpaired) electrons. The zero-order valence-corrected chi connectivity index (χ0v) is 13.7. The van der Waals surface area contributed by atoms with Crippen LogP contribution in [0, 0.1) is 5.92 Å². The van der Waals surface area contributed by atoms with Gasteiger partial charge in [-0.25, -0.2) is 0 Å². The third-order valence-corrected chi connectivity index (χ3v) is 3.86. The number of nitrogens with one attached hydrogen (secondary N) is 2. The monoisotopic (exact) mass is 308 g/mol. The molecule has 0 bridgehead atoms. The molecule has 2 N–H and O–H groups in total. The highest BCUT2D eigenvalue weighted by Gasteiger charge is 2.17. The second-order valence-corrected chi connectivity index (χ2v) is 6.23. The minimum atomic E-state index is -0.130. The van der Waals surface area contributed by atoms with Crippen LogP contribution < -0.4 is 10.6 Å². The second kappa shape index (κ2) is 8.90. The lowest BCUT2D eigenvalue weighted by Crippen LogP contribution is -2.32. The number of nitrogens with zero attached hydrogens (tertiary/aromatic N) is 2. The minimum absolute atomic E-state index is 0.130. The fraction of sp³-hybridized carbons (Fsp3) is 0.750. The van der Waals surface area contributed by atoms with Gasteiger partial charge in [0.1, 0.15) is 5.69 Å². The van der Waals surface area contributed by atoms with E-state index in [0.717, 1.165) is 39.0 Å². The fourth-order valence-electron chi connectivity index (χ4n) is 2.47. The Bertz CT molecular complexity index is 453. The van der Waals surface area contributed by atoms with Gasteiger partial charge in [0, 0.05) is 25.9 Å². The van der Waals surface area contributed by atoms with Crippen molar-refractivity contribution >= 4 is 5.91 Å². The maximum absolute atomic E-state index is 12.0. The Kier molecular flexibility index (Phi) is 6.86. The molecule has 6 nitrogen and oxygen atoms in total. The molecule has 1 amide bonds. The van der Waals surface area contributed by atoms with Gasteiger partial charge in [-0.15, -0.1) is 0 Å². The average Bonchev–Trinajstić information content (AvgIpc) is 3.01. The van der Waals surface area contributed by atoms with E-state index in [4.69, 9.17) is 4.74 Å². The van der Waals surface area contributed by atoms with Crippen molar-refractivity contribution in [2.45, 2.75) is 39.2 Å². The number of carbonyl (C=O) groups excluding carboxylic acids is 1. The van der Waals surface area contributed by atoms with Crippen LogP contribution in [0.3, 0.4) is 0 Å². The largest absolute Gasteiger partial charge is 0.380 e. The lowest BCUT2D eigenvalue weighted by molar-refractivity contribution is 0.0900. The molecule has 0 saturated carbocycles. The first-order valence-electron chi connectivity index (χ1n) is 8.28. The minimum Gasteiger partial charge on any atom is -0.380 e. The topological polar surface area (TPSA) is 68.2 Å². The lowest BCUT2D eigenvalue weighted by atomic mass is 10.1. The summed E-state index contributed by atoms with van der Waals surface area (Å²) >= 11 is 0. The zero-order valence-electron chi connectivity index (χ0n) is 13.7. The Morgan fingerprint density at radius 1 is 1.55 bits per heavy atom. The van der Waals surface area contributed by atoms with Crippen molar-refractivity contribution in [3.05, 3.63) is 18.0 Å². The van der Waals surface area contributed by atoms with Crippen LogP contribution in [-0.4, -0.2) is 48.5 Å². The van der Waals surface area contributed by atoms with Crippen LogP contribution in [0.25, 0.3) is 0 Å². The van der Waals surface area contributed by atoms with E-state index >= 15 is 0 Å². The Hall–Kier alpha value is -1.40. The Morgan fingerprint density at radius 2 is 2.41 bits per heavy atom. The lowest BCUT2D eigenvalue weighted by Gasteiger charge is -2.22.